The van der Waals surface area contributed by atoms with Crippen molar-refractivity contribution in [2.75, 3.05) is 25.0 Å². The highest BCUT2D eigenvalue weighted by Gasteiger charge is 2.28. The number of H-pyrrole nitrogens is 1. The van der Waals surface area contributed by atoms with Crippen molar-refractivity contribution in [1.82, 2.24) is 14.9 Å². The number of fused-ring (bicyclic) bond motifs is 1. The topological polar surface area (TPSA) is 61.0 Å². The molecule has 0 unspecified atom stereocenters. The second kappa shape index (κ2) is 7.48. The third-order valence-corrected chi connectivity index (χ3v) is 5.20. The van der Waals surface area contributed by atoms with Crippen LogP contribution in [-0.2, 0) is 4.79 Å². The minimum absolute atomic E-state index is 0.233. The minimum Gasteiger partial charge on any atom is -0.348 e. The van der Waals surface area contributed by atoms with Crippen LogP contribution < -0.4 is 5.32 Å². The van der Waals surface area contributed by atoms with E-state index in [9.17, 15) is 9.18 Å². The number of amides is 1. The average Bonchev–Trinajstić information content (AvgIpc) is 3.22. The van der Waals surface area contributed by atoms with Crippen molar-refractivity contribution in [2.24, 2.45) is 0 Å². The normalized spacial score (nSPS) is 19.0. The molecule has 0 aliphatic carbocycles. The maximum atomic E-state index is 14.6. The lowest BCUT2D eigenvalue weighted by Gasteiger charge is -2.24. The van der Waals surface area contributed by atoms with E-state index in [4.69, 9.17) is 0 Å². The van der Waals surface area contributed by atoms with Crippen molar-refractivity contribution in [3.05, 3.63) is 52.9 Å². The molecule has 1 aromatic heterocycles. The summed E-state index contributed by atoms with van der Waals surface area (Å²) in [6, 6.07) is 3.02. The highest BCUT2D eigenvalue weighted by molar-refractivity contribution is 6.35. The number of benzene rings is 1. The van der Waals surface area contributed by atoms with E-state index in [1.165, 1.54) is 25.3 Å². The first kappa shape index (κ1) is 17.7. The van der Waals surface area contributed by atoms with Gasteiger partial charge in [-0.1, -0.05) is 18.6 Å². The summed E-state index contributed by atoms with van der Waals surface area (Å²) in [6.07, 6.45) is 10.8. The van der Waals surface area contributed by atoms with E-state index < -0.39 is 0 Å². The first-order chi connectivity index (χ1) is 13.1. The lowest BCUT2D eigenvalue weighted by molar-refractivity contribution is -0.110. The molecule has 2 N–H and O–H groups in total. The van der Waals surface area contributed by atoms with Crippen molar-refractivity contribution in [3.63, 3.8) is 0 Å². The summed E-state index contributed by atoms with van der Waals surface area (Å²) in [6.45, 7) is 4.85. The molecule has 4 rings (SSSR count). The fourth-order valence-electron chi connectivity index (χ4n) is 3.71. The van der Waals surface area contributed by atoms with E-state index in [1.807, 2.05) is 13.0 Å². The van der Waals surface area contributed by atoms with E-state index in [0.717, 1.165) is 25.3 Å². The van der Waals surface area contributed by atoms with Crippen molar-refractivity contribution < 1.29 is 9.18 Å². The van der Waals surface area contributed by atoms with Gasteiger partial charge in [0, 0.05) is 29.1 Å². The lowest BCUT2D eigenvalue weighted by atomic mass is 9.98. The summed E-state index contributed by atoms with van der Waals surface area (Å²) in [4.78, 5) is 22.1. The summed E-state index contributed by atoms with van der Waals surface area (Å²) in [5, 5.41) is 2.83. The number of imidazole rings is 1. The lowest BCUT2D eigenvalue weighted by Crippen LogP contribution is -2.29. The van der Waals surface area contributed by atoms with Crippen LogP contribution in [0.25, 0.3) is 17.7 Å². The first-order valence-corrected chi connectivity index (χ1v) is 9.38. The summed E-state index contributed by atoms with van der Waals surface area (Å²) in [5.41, 5.74) is 3.68. The maximum Gasteiger partial charge on any atom is 0.256 e. The molecular weight excluding hydrogens is 343 g/mol. The van der Waals surface area contributed by atoms with E-state index in [1.54, 1.807) is 24.5 Å². The van der Waals surface area contributed by atoms with Crippen LogP contribution in [0.15, 0.2) is 24.5 Å². The molecule has 2 aliphatic rings. The number of hydrogen-bond donors (Lipinski definition) is 2. The van der Waals surface area contributed by atoms with Gasteiger partial charge in [-0.05, 0) is 51.1 Å². The number of nitrogens with one attached hydrogen (secondary N) is 2. The molecule has 5 nitrogen and oxygen atoms in total. The Labute approximate surface area is 158 Å². The van der Waals surface area contributed by atoms with Gasteiger partial charge < -0.3 is 10.3 Å². The highest BCUT2D eigenvalue weighted by atomic mass is 19.1. The number of aromatic amines is 1. The number of anilines is 1. The summed E-state index contributed by atoms with van der Waals surface area (Å²) in [5.74, 6) is -0.562. The second-order valence-electron chi connectivity index (χ2n) is 7.07. The number of halogens is 1. The number of piperidine rings is 1. The SMILES string of the molecule is Cc1[nH]cnc1/C=C1\C(=O)Nc2ccc(F)c(/C=C/CN3CCCCC3)c21. The fraction of sp³-hybridized carbons (Fsp3) is 0.333. The molecule has 0 bridgehead atoms. The van der Waals surface area contributed by atoms with Crippen LogP contribution in [-0.4, -0.2) is 40.4 Å². The molecule has 1 aromatic carbocycles. The summed E-state index contributed by atoms with van der Waals surface area (Å²) < 4.78 is 14.6. The van der Waals surface area contributed by atoms with Gasteiger partial charge in [-0.15, -0.1) is 0 Å². The Morgan fingerprint density at radius 2 is 2.07 bits per heavy atom. The molecule has 3 heterocycles. The third-order valence-electron chi connectivity index (χ3n) is 5.20. The number of rotatable bonds is 4. The monoisotopic (exact) mass is 366 g/mol. The molecule has 0 spiro atoms. The van der Waals surface area contributed by atoms with Crippen LogP contribution in [0.4, 0.5) is 10.1 Å². The van der Waals surface area contributed by atoms with Gasteiger partial charge in [0.2, 0.25) is 0 Å². The number of aromatic nitrogens is 2. The van der Waals surface area contributed by atoms with Crippen molar-refractivity contribution in [3.8, 4) is 0 Å². The third kappa shape index (κ3) is 3.57. The maximum absolute atomic E-state index is 14.6. The molecule has 1 amide bonds. The standard InChI is InChI=1S/C21H23FN4O/c1-14-19(24-13-23-14)12-16-20-15(6-5-11-26-9-3-2-4-10-26)17(22)7-8-18(20)25-21(16)27/h5-8,12-13H,2-4,9-11H2,1H3,(H,23,24)(H,25,27)/b6-5+,16-12-. The number of carbonyl (C=O) groups is 1. The van der Waals surface area contributed by atoms with Gasteiger partial charge in [-0.3, -0.25) is 9.69 Å². The largest absolute Gasteiger partial charge is 0.348 e. The van der Waals surface area contributed by atoms with Crippen LogP contribution >= 0.6 is 0 Å². The molecule has 0 radical (unpaired) electrons. The van der Waals surface area contributed by atoms with Gasteiger partial charge in [0.1, 0.15) is 5.82 Å². The van der Waals surface area contributed by atoms with Crippen LogP contribution in [0.1, 0.15) is 41.8 Å². The predicted octanol–water partition coefficient (Wildman–Crippen LogP) is 3.85. The van der Waals surface area contributed by atoms with Crippen LogP contribution in [0.3, 0.4) is 0 Å². The van der Waals surface area contributed by atoms with E-state index in [0.29, 0.717) is 28.1 Å². The smallest absolute Gasteiger partial charge is 0.256 e. The zero-order chi connectivity index (χ0) is 18.8. The Hall–Kier alpha value is -2.73. The zero-order valence-corrected chi connectivity index (χ0v) is 15.4. The Morgan fingerprint density at radius 3 is 2.81 bits per heavy atom. The van der Waals surface area contributed by atoms with Crippen LogP contribution in [0.5, 0.6) is 0 Å². The summed E-state index contributed by atoms with van der Waals surface area (Å²) >= 11 is 0. The first-order valence-electron chi connectivity index (χ1n) is 9.38. The van der Waals surface area contributed by atoms with E-state index in [2.05, 4.69) is 20.2 Å². The number of carbonyl (C=O) groups excluding carboxylic acids is 1. The molecule has 2 aromatic rings. The zero-order valence-electron chi connectivity index (χ0n) is 15.4. The Morgan fingerprint density at radius 1 is 1.26 bits per heavy atom. The molecule has 1 saturated heterocycles. The number of likely N-dealkylation sites (tertiary alicyclic amines) is 1. The van der Waals surface area contributed by atoms with Gasteiger partial charge in [-0.2, -0.15) is 0 Å². The van der Waals surface area contributed by atoms with Gasteiger partial charge in [-0.25, -0.2) is 9.37 Å². The van der Waals surface area contributed by atoms with Crippen molar-refractivity contribution in [2.45, 2.75) is 26.2 Å². The number of nitrogens with zero attached hydrogens (tertiary/aromatic N) is 2. The van der Waals surface area contributed by atoms with E-state index >= 15 is 0 Å². The second-order valence-corrected chi connectivity index (χ2v) is 7.07. The predicted molar refractivity (Wildman–Crippen MR) is 106 cm³/mol. The van der Waals surface area contributed by atoms with Crippen molar-refractivity contribution in [1.29, 1.82) is 0 Å². The molecule has 27 heavy (non-hydrogen) atoms. The van der Waals surface area contributed by atoms with Gasteiger partial charge in [0.15, 0.2) is 0 Å². The molecule has 0 atom stereocenters. The van der Waals surface area contributed by atoms with Gasteiger partial charge in [0.25, 0.3) is 5.91 Å². The van der Waals surface area contributed by atoms with Gasteiger partial charge in [0.05, 0.1) is 17.6 Å². The van der Waals surface area contributed by atoms with Crippen LogP contribution in [0, 0.1) is 12.7 Å². The highest BCUT2D eigenvalue weighted by Crippen LogP contribution is 2.37. The molecule has 6 heteroatoms. The van der Waals surface area contributed by atoms with Crippen LogP contribution in [0.2, 0.25) is 0 Å². The Kier molecular flexibility index (Phi) is 4.90. The van der Waals surface area contributed by atoms with Crippen molar-refractivity contribution >= 4 is 29.3 Å². The molecule has 0 saturated carbocycles. The molecule has 1 fully saturated rings. The minimum atomic E-state index is -0.329. The fourth-order valence-corrected chi connectivity index (χ4v) is 3.71. The summed E-state index contributed by atoms with van der Waals surface area (Å²) in [7, 11) is 0. The number of hydrogen-bond acceptors (Lipinski definition) is 3. The Bertz CT molecular complexity index is 922. The van der Waals surface area contributed by atoms with Gasteiger partial charge >= 0.3 is 0 Å². The van der Waals surface area contributed by atoms with E-state index in [-0.39, 0.29) is 11.7 Å². The molecular formula is C21H23FN4O. The number of aryl methyl sites for hydroxylation is 1. The quantitative estimate of drug-likeness (QED) is 0.808. The molecule has 140 valence electrons. The average molecular weight is 366 g/mol. The molecule has 2 aliphatic heterocycles. The Balaban J connectivity index is 1.68.